The summed E-state index contributed by atoms with van der Waals surface area (Å²) in [7, 11) is 17.4. The highest BCUT2D eigenvalue weighted by molar-refractivity contribution is 9.41. The van der Waals surface area contributed by atoms with Crippen LogP contribution in [0, 0.1) is 0 Å². The van der Waals surface area contributed by atoms with Crippen LogP contribution in [0.4, 0.5) is 0 Å². The van der Waals surface area contributed by atoms with E-state index in [4.69, 9.17) is 41.7 Å². The first kappa shape index (κ1) is 27.2. The maximum absolute atomic E-state index is 5.33. The van der Waals surface area contributed by atoms with Gasteiger partial charge in [0.25, 0.3) is 0 Å². The van der Waals surface area contributed by atoms with Crippen LogP contribution in [-0.4, -0.2) is 52.3 Å². The van der Waals surface area contributed by atoms with Crippen molar-refractivity contribution in [3.05, 3.63) is 0 Å². The van der Waals surface area contributed by atoms with Crippen molar-refractivity contribution in [1.29, 1.82) is 0 Å². The average molecular weight is 527 g/mol. The summed E-state index contributed by atoms with van der Waals surface area (Å²) in [5.41, 5.74) is 0. The smallest absolute Gasteiger partial charge is 0.188 e. The van der Waals surface area contributed by atoms with Crippen LogP contribution in [-0.2, 0) is 41.7 Å². The molecule has 14 heteroatoms. The monoisotopic (exact) mass is 526 g/mol. The highest BCUT2D eigenvalue weighted by Gasteiger charge is 2.15. The molecular formula is C10H24O4P2S8. The van der Waals surface area contributed by atoms with Crippen molar-refractivity contribution >= 4 is 97.5 Å². The van der Waals surface area contributed by atoms with Crippen molar-refractivity contribution in [2.24, 2.45) is 0 Å². The van der Waals surface area contributed by atoms with Gasteiger partial charge in [-0.3, -0.25) is 0 Å². The molecule has 4 nitrogen and oxygen atoms in total. The molecule has 0 aliphatic heterocycles. The summed E-state index contributed by atoms with van der Waals surface area (Å²) < 4.78 is 21.1. The SMILES string of the molecule is COP(=S)(CCCSSSSSSCCCP(=S)(OC)OC)OC. The minimum Gasteiger partial charge on any atom is -0.333 e. The van der Waals surface area contributed by atoms with E-state index >= 15 is 0 Å². The average Bonchev–Trinajstić information content (AvgIpc) is 2.62. The second-order valence-corrected chi connectivity index (χ2v) is 21.9. The van der Waals surface area contributed by atoms with E-state index < -0.39 is 13.0 Å². The second kappa shape index (κ2) is 17.1. The van der Waals surface area contributed by atoms with E-state index in [0.717, 1.165) is 36.7 Å². The van der Waals surface area contributed by atoms with Gasteiger partial charge in [0.1, 0.15) is 0 Å². The van der Waals surface area contributed by atoms with Crippen molar-refractivity contribution in [2.75, 3.05) is 52.3 Å². The Morgan fingerprint density at radius 1 is 0.625 bits per heavy atom. The van der Waals surface area contributed by atoms with Crippen LogP contribution in [0.5, 0.6) is 0 Å². The molecule has 0 radical (unpaired) electrons. The summed E-state index contributed by atoms with van der Waals surface area (Å²) in [5.74, 6) is 2.11. The van der Waals surface area contributed by atoms with Gasteiger partial charge in [-0.25, -0.2) is 0 Å². The Bertz CT molecular complexity index is 351. The van der Waals surface area contributed by atoms with E-state index in [-0.39, 0.29) is 0 Å². The molecule has 146 valence electrons. The molecule has 0 amide bonds. The summed E-state index contributed by atoms with van der Waals surface area (Å²) in [4.78, 5) is 0. The molecule has 0 N–H and O–H groups in total. The molecule has 0 unspecified atom stereocenters. The molecule has 0 rings (SSSR count). The Balaban J connectivity index is 3.38. The summed E-state index contributed by atoms with van der Waals surface area (Å²) in [6.07, 6.45) is 3.71. The van der Waals surface area contributed by atoms with Crippen molar-refractivity contribution in [1.82, 2.24) is 0 Å². The lowest BCUT2D eigenvalue weighted by Crippen LogP contribution is -1.95. The maximum atomic E-state index is 5.33. The normalized spacial score (nSPS) is 12.7. The van der Waals surface area contributed by atoms with E-state index in [9.17, 15) is 0 Å². The van der Waals surface area contributed by atoms with Crippen LogP contribution in [0.25, 0.3) is 0 Å². The fourth-order valence-corrected chi connectivity index (χ4v) is 16.2. The number of hydrogen-bond donors (Lipinski definition) is 0. The van der Waals surface area contributed by atoms with Crippen molar-refractivity contribution in [3.63, 3.8) is 0 Å². The minimum atomic E-state index is -2.01. The van der Waals surface area contributed by atoms with Gasteiger partial charge in [0.2, 0.25) is 0 Å². The first-order chi connectivity index (χ1) is 11.4. The third-order valence-electron chi connectivity index (χ3n) is 2.61. The molecular weight excluding hydrogens is 503 g/mol. The molecule has 0 aromatic carbocycles. The van der Waals surface area contributed by atoms with Crippen molar-refractivity contribution in [2.45, 2.75) is 12.8 Å². The van der Waals surface area contributed by atoms with Crippen molar-refractivity contribution < 1.29 is 18.1 Å². The second-order valence-electron chi connectivity index (χ2n) is 4.02. The van der Waals surface area contributed by atoms with Gasteiger partial charge < -0.3 is 18.1 Å². The molecule has 0 atom stereocenters. The molecule has 0 aromatic rings. The van der Waals surface area contributed by atoms with Gasteiger partial charge in [0, 0.05) is 52.3 Å². The lowest BCUT2D eigenvalue weighted by atomic mass is 10.6. The molecule has 0 aliphatic carbocycles. The maximum Gasteiger partial charge on any atom is 0.188 e. The topological polar surface area (TPSA) is 36.9 Å². The van der Waals surface area contributed by atoms with Gasteiger partial charge in [-0.2, -0.15) is 0 Å². The van der Waals surface area contributed by atoms with Gasteiger partial charge >= 0.3 is 0 Å². The zero-order chi connectivity index (χ0) is 18.3. The summed E-state index contributed by atoms with van der Waals surface area (Å²) in [6.45, 7) is -4.01. The van der Waals surface area contributed by atoms with Crippen LogP contribution < -0.4 is 0 Å². The van der Waals surface area contributed by atoms with Crippen LogP contribution in [0.3, 0.4) is 0 Å². The van der Waals surface area contributed by atoms with Crippen LogP contribution in [0.15, 0.2) is 0 Å². The fraction of sp³-hybridized carbons (Fsp3) is 1.00. The standard InChI is InChI=1S/C10H24O4P2S8/c1-11-15(17,12-2)7-5-9-19-21-23-24-22-20-10-6-8-16(18,13-3)14-4/h5-10H2,1-4H3. The number of hydrogen-bond acceptors (Lipinski definition) is 12. The van der Waals surface area contributed by atoms with Gasteiger partial charge in [0.15, 0.2) is 13.0 Å². The first-order valence-electron chi connectivity index (χ1n) is 6.77. The lowest BCUT2D eigenvalue weighted by Gasteiger charge is -2.17. The molecule has 0 bridgehead atoms. The Hall–Kier alpha value is 3.24. The molecule has 0 spiro atoms. The lowest BCUT2D eigenvalue weighted by molar-refractivity contribution is 0.336. The third kappa shape index (κ3) is 14.3. The fourth-order valence-electron chi connectivity index (χ4n) is 1.28. The Kier molecular flexibility index (Phi) is 19.4. The highest BCUT2D eigenvalue weighted by Crippen LogP contribution is 2.54. The molecule has 0 heterocycles. The van der Waals surface area contributed by atoms with Gasteiger partial charge in [0.05, 0.1) is 0 Å². The van der Waals surface area contributed by atoms with Gasteiger partial charge in [-0.1, -0.05) is 21.6 Å². The molecule has 0 aliphatic rings. The quantitative estimate of drug-likeness (QED) is 0.112. The largest absolute Gasteiger partial charge is 0.333 e. The van der Waals surface area contributed by atoms with E-state index in [1.165, 1.54) is 0 Å². The predicted molar refractivity (Wildman–Crippen MR) is 131 cm³/mol. The Morgan fingerprint density at radius 2 is 0.958 bits per heavy atom. The zero-order valence-electron chi connectivity index (χ0n) is 14.0. The van der Waals surface area contributed by atoms with E-state index in [2.05, 4.69) is 0 Å². The number of rotatable bonds is 17. The van der Waals surface area contributed by atoms with E-state index in [1.54, 1.807) is 67.7 Å². The van der Waals surface area contributed by atoms with Gasteiger partial charge in [-0.05, 0) is 75.8 Å². The summed E-state index contributed by atoms with van der Waals surface area (Å²) in [5, 5.41) is 0. The van der Waals surface area contributed by atoms with E-state index in [1.807, 2.05) is 21.6 Å². The van der Waals surface area contributed by atoms with Crippen LogP contribution >= 0.6 is 73.9 Å². The van der Waals surface area contributed by atoms with Crippen molar-refractivity contribution in [3.8, 4) is 0 Å². The molecule has 0 aromatic heterocycles. The van der Waals surface area contributed by atoms with Crippen LogP contribution in [0.2, 0.25) is 0 Å². The summed E-state index contributed by atoms with van der Waals surface area (Å²) in [6, 6.07) is 0. The Labute approximate surface area is 179 Å². The highest BCUT2D eigenvalue weighted by atomic mass is 33.9. The zero-order valence-corrected chi connectivity index (χ0v) is 22.4. The predicted octanol–water partition coefficient (Wildman–Crippen LogP) is 6.95. The third-order valence-corrected chi connectivity index (χ3v) is 20.5. The molecule has 0 saturated carbocycles. The summed E-state index contributed by atoms with van der Waals surface area (Å²) >= 11 is 10.7. The minimum absolute atomic E-state index is 0.835. The molecule has 0 saturated heterocycles. The van der Waals surface area contributed by atoms with Gasteiger partial charge in [-0.15, -0.1) is 0 Å². The Morgan fingerprint density at radius 3 is 1.25 bits per heavy atom. The van der Waals surface area contributed by atoms with Crippen LogP contribution in [0.1, 0.15) is 12.8 Å². The first-order valence-corrected chi connectivity index (χ1v) is 20.2. The molecule has 24 heavy (non-hydrogen) atoms. The van der Waals surface area contributed by atoms with E-state index in [0.29, 0.717) is 0 Å². The molecule has 0 fully saturated rings.